The molecule has 11 heteroatoms. The van der Waals surface area contributed by atoms with Crippen molar-refractivity contribution < 1.29 is 27.4 Å². The van der Waals surface area contributed by atoms with E-state index in [-0.39, 0.29) is 23.2 Å². The van der Waals surface area contributed by atoms with Gasteiger partial charge in [0.2, 0.25) is 5.91 Å². The number of ether oxygens (including phenoxy) is 2. The van der Waals surface area contributed by atoms with E-state index in [1.54, 1.807) is 24.3 Å². The van der Waals surface area contributed by atoms with Crippen LogP contribution in [0.15, 0.2) is 58.5 Å². The first-order chi connectivity index (χ1) is 16.1. The largest absolute Gasteiger partial charge is 0.573 e. The SMILES string of the molecule is CC(C)OCCCn1c(SCC(=O)Nc2ccc(OC(F)(F)F)cc2)nc2ccccc2c1=O. The molecule has 0 atom stereocenters. The minimum atomic E-state index is -4.79. The van der Waals surface area contributed by atoms with Gasteiger partial charge in [0.05, 0.1) is 22.8 Å². The van der Waals surface area contributed by atoms with Crippen molar-refractivity contribution in [2.75, 3.05) is 17.7 Å². The molecule has 3 rings (SSSR count). The van der Waals surface area contributed by atoms with E-state index in [1.165, 1.54) is 16.7 Å². The van der Waals surface area contributed by atoms with Crippen molar-refractivity contribution in [3.63, 3.8) is 0 Å². The number of para-hydroxylation sites is 1. The number of nitrogens with one attached hydrogen (secondary N) is 1. The molecule has 0 aliphatic carbocycles. The third-order valence-electron chi connectivity index (χ3n) is 4.51. The van der Waals surface area contributed by atoms with Crippen molar-refractivity contribution in [2.45, 2.75) is 44.4 Å². The molecule has 7 nitrogen and oxygen atoms in total. The van der Waals surface area contributed by atoms with Gasteiger partial charge in [-0.25, -0.2) is 4.98 Å². The Labute approximate surface area is 198 Å². The van der Waals surface area contributed by atoms with Gasteiger partial charge < -0.3 is 14.8 Å². The molecule has 1 heterocycles. The number of amides is 1. The number of alkyl halides is 3. The number of carbonyl (C=O) groups is 1. The topological polar surface area (TPSA) is 82.4 Å². The summed E-state index contributed by atoms with van der Waals surface area (Å²) in [5.74, 6) is -0.828. The first-order valence-electron chi connectivity index (χ1n) is 10.5. The van der Waals surface area contributed by atoms with Crippen molar-refractivity contribution in [2.24, 2.45) is 0 Å². The molecular weight excluding hydrogens is 471 g/mol. The first-order valence-corrected chi connectivity index (χ1v) is 11.5. The molecule has 0 spiro atoms. The predicted molar refractivity (Wildman–Crippen MR) is 124 cm³/mol. The van der Waals surface area contributed by atoms with Crippen LogP contribution in [-0.4, -0.2) is 40.3 Å². The van der Waals surface area contributed by atoms with Crippen molar-refractivity contribution in [1.29, 1.82) is 0 Å². The molecule has 0 aliphatic rings. The minimum Gasteiger partial charge on any atom is -0.406 e. The number of thioether (sulfide) groups is 1. The quantitative estimate of drug-likeness (QED) is 0.246. The summed E-state index contributed by atoms with van der Waals surface area (Å²) in [6, 6.07) is 11.8. The van der Waals surface area contributed by atoms with Crippen molar-refractivity contribution in [3.05, 3.63) is 58.9 Å². The van der Waals surface area contributed by atoms with Crippen molar-refractivity contribution in [3.8, 4) is 5.75 Å². The lowest BCUT2D eigenvalue weighted by atomic mass is 10.2. The second kappa shape index (κ2) is 11.4. The maximum atomic E-state index is 13.0. The maximum Gasteiger partial charge on any atom is 0.573 e. The zero-order valence-corrected chi connectivity index (χ0v) is 19.4. The predicted octanol–water partition coefficient (Wildman–Crippen LogP) is 4.84. The van der Waals surface area contributed by atoms with E-state index in [2.05, 4.69) is 15.0 Å². The molecule has 34 heavy (non-hydrogen) atoms. The minimum absolute atomic E-state index is 0.0475. The lowest BCUT2D eigenvalue weighted by Gasteiger charge is -2.14. The molecule has 0 unspecified atom stereocenters. The molecule has 1 amide bonds. The van der Waals surface area contributed by atoms with Crippen LogP contribution in [0.5, 0.6) is 5.75 Å². The van der Waals surface area contributed by atoms with Crippen LogP contribution in [0.25, 0.3) is 10.9 Å². The fourth-order valence-electron chi connectivity index (χ4n) is 3.06. The molecular formula is C23H24F3N3O4S. The van der Waals surface area contributed by atoms with E-state index in [9.17, 15) is 22.8 Å². The van der Waals surface area contributed by atoms with Crippen LogP contribution in [0, 0.1) is 0 Å². The highest BCUT2D eigenvalue weighted by atomic mass is 32.2. The van der Waals surface area contributed by atoms with Gasteiger partial charge in [0.1, 0.15) is 5.75 Å². The summed E-state index contributed by atoms with van der Waals surface area (Å²) in [7, 11) is 0. The van der Waals surface area contributed by atoms with E-state index in [1.807, 2.05) is 13.8 Å². The normalized spacial score (nSPS) is 11.7. The second-order valence-corrected chi connectivity index (χ2v) is 8.49. The molecule has 0 saturated carbocycles. The smallest absolute Gasteiger partial charge is 0.406 e. The Morgan fingerprint density at radius 3 is 2.53 bits per heavy atom. The van der Waals surface area contributed by atoms with E-state index in [4.69, 9.17) is 4.74 Å². The van der Waals surface area contributed by atoms with Crippen LogP contribution >= 0.6 is 11.8 Å². The van der Waals surface area contributed by atoms with Crippen LogP contribution in [-0.2, 0) is 16.1 Å². The van der Waals surface area contributed by atoms with Gasteiger partial charge >= 0.3 is 6.36 Å². The summed E-state index contributed by atoms with van der Waals surface area (Å²) in [5.41, 5.74) is 0.651. The van der Waals surface area contributed by atoms with Gasteiger partial charge in [-0.1, -0.05) is 23.9 Å². The van der Waals surface area contributed by atoms with Gasteiger partial charge in [-0.15, -0.1) is 13.2 Å². The Morgan fingerprint density at radius 2 is 1.85 bits per heavy atom. The monoisotopic (exact) mass is 495 g/mol. The van der Waals surface area contributed by atoms with Crippen molar-refractivity contribution >= 4 is 34.3 Å². The molecule has 0 saturated heterocycles. The van der Waals surface area contributed by atoms with Gasteiger partial charge in [0.25, 0.3) is 5.56 Å². The fraction of sp³-hybridized carbons (Fsp3) is 0.348. The average Bonchev–Trinajstić information content (AvgIpc) is 2.77. The van der Waals surface area contributed by atoms with E-state index < -0.39 is 12.3 Å². The molecule has 1 N–H and O–H groups in total. The Balaban J connectivity index is 1.68. The van der Waals surface area contributed by atoms with E-state index in [0.717, 1.165) is 23.9 Å². The van der Waals surface area contributed by atoms with Crippen LogP contribution < -0.4 is 15.6 Å². The van der Waals surface area contributed by atoms with Crippen LogP contribution in [0.2, 0.25) is 0 Å². The molecule has 0 aliphatic heterocycles. The summed E-state index contributed by atoms with van der Waals surface area (Å²) in [5, 5.41) is 3.49. The molecule has 0 bridgehead atoms. The van der Waals surface area contributed by atoms with Gasteiger partial charge in [0.15, 0.2) is 5.16 Å². The number of rotatable bonds is 10. The Hall–Kier alpha value is -3.05. The lowest BCUT2D eigenvalue weighted by molar-refractivity contribution is -0.274. The third kappa shape index (κ3) is 7.49. The molecule has 0 radical (unpaired) electrons. The van der Waals surface area contributed by atoms with Crippen molar-refractivity contribution in [1.82, 2.24) is 9.55 Å². The zero-order chi connectivity index (χ0) is 24.7. The summed E-state index contributed by atoms with van der Waals surface area (Å²) >= 11 is 1.10. The van der Waals surface area contributed by atoms with Gasteiger partial charge in [0, 0.05) is 18.8 Å². The highest BCUT2D eigenvalue weighted by molar-refractivity contribution is 7.99. The number of hydrogen-bond donors (Lipinski definition) is 1. The number of fused-ring (bicyclic) bond motifs is 1. The molecule has 182 valence electrons. The lowest BCUT2D eigenvalue weighted by Crippen LogP contribution is -2.25. The Kier molecular flexibility index (Phi) is 8.56. The van der Waals surface area contributed by atoms with Gasteiger partial charge in [-0.05, 0) is 56.7 Å². The number of aromatic nitrogens is 2. The number of benzene rings is 2. The van der Waals surface area contributed by atoms with Gasteiger partial charge in [-0.2, -0.15) is 0 Å². The van der Waals surface area contributed by atoms with Crippen LogP contribution in [0.4, 0.5) is 18.9 Å². The van der Waals surface area contributed by atoms with E-state index >= 15 is 0 Å². The van der Waals surface area contributed by atoms with Crippen LogP contribution in [0.1, 0.15) is 20.3 Å². The molecule has 3 aromatic rings. The van der Waals surface area contributed by atoms with Crippen LogP contribution in [0.3, 0.4) is 0 Å². The summed E-state index contributed by atoms with van der Waals surface area (Å²) in [4.78, 5) is 30.0. The maximum absolute atomic E-state index is 13.0. The molecule has 2 aromatic carbocycles. The number of hydrogen-bond acceptors (Lipinski definition) is 6. The first kappa shape index (κ1) is 25.6. The van der Waals surface area contributed by atoms with E-state index in [0.29, 0.717) is 41.3 Å². The fourth-order valence-corrected chi connectivity index (χ4v) is 3.89. The number of halogens is 3. The molecule has 0 fully saturated rings. The number of carbonyl (C=O) groups excluding carboxylic acids is 1. The Bertz CT molecular complexity index is 1180. The molecule has 1 aromatic heterocycles. The second-order valence-electron chi connectivity index (χ2n) is 7.55. The number of nitrogens with zero attached hydrogens (tertiary/aromatic N) is 2. The average molecular weight is 496 g/mol. The highest BCUT2D eigenvalue weighted by Gasteiger charge is 2.31. The summed E-state index contributed by atoms with van der Waals surface area (Å²) < 4.78 is 47.7. The van der Waals surface area contributed by atoms with Gasteiger partial charge in [-0.3, -0.25) is 14.2 Å². The zero-order valence-electron chi connectivity index (χ0n) is 18.6. The highest BCUT2D eigenvalue weighted by Crippen LogP contribution is 2.24. The third-order valence-corrected chi connectivity index (χ3v) is 5.48. The standard InChI is InChI=1S/C23H24F3N3O4S/c1-15(2)32-13-5-12-29-21(31)18-6-3-4-7-19(18)28-22(29)34-14-20(30)27-16-8-10-17(11-9-16)33-23(24,25)26/h3-4,6-11,15H,5,12-14H2,1-2H3,(H,27,30). The summed E-state index contributed by atoms with van der Waals surface area (Å²) in [6.45, 7) is 4.73. The number of anilines is 1. The Morgan fingerprint density at radius 1 is 1.15 bits per heavy atom. The summed E-state index contributed by atoms with van der Waals surface area (Å²) in [6.07, 6.45) is -4.10.